The monoisotopic (exact) mass is 418 g/mol. The SMILES string of the molecule is On1c(-c2ccccc2)c([C@@H](c2ccc(Cl)cc2)N2CCOCC2)c2ccccc21. The lowest BCUT2D eigenvalue weighted by Crippen LogP contribution is -2.39. The van der Waals surface area contributed by atoms with Crippen LogP contribution in [0.1, 0.15) is 17.2 Å². The summed E-state index contributed by atoms with van der Waals surface area (Å²) in [5.41, 5.74) is 4.86. The second kappa shape index (κ2) is 8.15. The van der Waals surface area contributed by atoms with Crippen molar-refractivity contribution in [2.45, 2.75) is 6.04 Å². The quantitative estimate of drug-likeness (QED) is 0.437. The van der Waals surface area contributed by atoms with Crippen molar-refractivity contribution in [3.63, 3.8) is 0 Å². The smallest absolute Gasteiger partial charge is 0.0930 e. The van der Waals surface area contributed by atoms with Gasteiger partial charge in [0.2, 0.25) is 0 Å². The van der Waals surface area contributed by atoms with Gasteiger partial charge in [-0.25, -0.2) is 0 Å². The normalized spacial score (nSPS) is 16.0. The highest BCUT2D eigenvalue weighted by Gasteiger charge is 2.31. The van der Waals surface area contributed by atoms with Crippen molar-refractivity contribution in [2.75, 3.05) is 26.3 Å². The van der Waals surface area contributed by atoms with Crippen LogP contribution in [0, 0.1) is 0 Å². The third kappa shape index (κ3) is 3.37. The molecule has 1 N–H and O–H groups in total. The van der Waals surface area contributed by atoms with E-state index in [9.17, 15) is 5.21 Å². The van der Waals surface area contributed by atoms with Crippen molar-refractivity contribution in [1.29, 1.82) is 0 Å². The summed E-state index contributed by atoms with van der Waals surface area (Å²) in [7, 11) is 0. The minimum Gasteiger partial charge on any atom is -0.428 e. The van der Waals surface area contributed by atoms with Gasteiger partial charge in [-0.3, -0.25) is 4.90 Å². The number of fused-ring (bicyclic) bond motifs is 1. The first-order chi connectivity index (χ1) is 14.7. The highest BCUT2D eigenvalue weighted by atomic mass is 35.5. The summed E-state index contributed by atoms with van der Waals surface area (Å²) in [6.45, 7) is 3.05. The van der Waals surface area contributed by atoms with Crippen LogP contribution in [0.25, 0.3) is 22.2 Å². The number of hydrogen-bond acceptors (Lipinski definition) is 3. The lowest BCUT2D eigenvalue weighted by Gasteiger charge is -2.35. The summed E-state index contributed by atoms with van der Waals surface area (Å²) in [5.74, 6) is 0. The molecule has 3 aromatic carbocycles. The van der Waals surface area contributed by atoms with E-state index in [1.807, 2.05) is 60.7 Å². The molecule has 5 heteroatoms. The molecule has 1 saturated heterocycles. The van der Waals surface area contributed by atoms with E-state index in [2.05, 4.69) is 23.1 Å². The number of nitrogens with zero attached hydrogens (tertiary/aromatic N) is 2. The van der Waals surface area contributed by atoms with Gasteiger partial charge < -0.3 is 9.94 Å². The Bertz CT molecular complexity index is 1150. The van der Waals surface area contributed by atoms with E-state index in [-0.39, 0.29) is 6.04 Å². The highest BCUT2D eigenvalue weighted by Crippen LogP contribution is 2.42. The molecule has 1 aliphatic heterocycles. The molecule has 0 aliphatic carbocycles. The standard InChI is InChI=1S/C25H23ClN2O2/c26-20-12-10-19(11-13-20)24(27-14-16-30-17-15-27)23-21-8-4-5-9-22(21)28(29)25(23)18-6-2-1-3-7-18/h1-13,24,29H,14-17H2/t24-/m1/s1. The maximum absolute atomic E-state index is 11.2. The molecule has 0 saturated carbocycles. The lowest BCUT2D eigenvalue weighted by atomic mass is 9.92. The van der Waals surface area contributed by atoms with Gasteiger partial charge >= 0.3 is 0 Å². The van der Waals surface area contributed by atoms with Crippen LogP contribution in [0.4, 0.5) is 0 Å². The van der Waals surface area contributed by atoms with Crippen LogP contribution in [-0.4, -0.2) is 41.1 Å². The number of rotatable bonds is 4. The van der Waals surface area contributed by atoms with Crippen LogP contribution in [0.3, 0.4) is 0 Å². The minimum atomic E-state index is -0.0281. The van der Waals surface area contributed by atoms with Crippen molar-refractivity contribution in [2.24, 2.45) is 0 Å². The largest absolute Gasteiger partial charge is 0.428 e. The number of morpholine rings is 1. The molecule has 1 fully saturated rings. The second-order valence-corrected chi connectivity index (χ2v) is 8.00. The van der Waals surface area contributed by atoms with E-state index in [0.717, 1.165) is 46.4 Å². The third-order valence-corrected chi connectivity index (χ3v) is 6.06. The van der Waals surface area contributed by atoms with Crippen molar-refractivity contribution >= 4 is 22.5 Å². The maximum Gasteiger partial charge on any atom is 0.0930 e. The van der Waals surface area contributed by atoms with Gasteiger partial charge in [0.1, 0.15) is 0 Å². The molecule has 0 amide bonds. The van der Waals surface area contributed by atoms with Crippen molar-refractivity contribution in [3.8, 4) is 11.3 Å². The van der Waals surface area contributed by atoms with Crippen LogP contribution < -0.4 is 0 Å². The zero-order valence-corrected chi connectivity index (χ0v) is 17.3. The Balaban J connectivity index is 1.80. The summed E-state index contributed by atoms with van der Waals surface area (Å²) in [5, 5.41) is 13.0. The van der Waals surface area contributed by atoms with E-state index < -0.39 is 0 Å². The first-order valence-corrected chi connectivity index (χ1v) is 10.6. The van der Waals surface area contributed by atoms with Gasteiger partial charge in [-0.15, -0.1) is 0 Å². The molecular formula is C25H23ClN2O2. The molecule has 1 aliphatic rings. The Morgan fingerprint density at radius 3 is 2.23 bits per heavy atom. The zero-order chi connectivity index (χ0) is 20.5. The van der Waals surface area contributed by atoms with E-state index in [4.69, 9.17) is 16.3 Å². The topological polar surface area (TPSA) is 37.6 Å². The van der Waals surface area contributed by atoms with E-state index in [1.165, 1.54) is 4.73 Å². The Kier molecular flexibility index (Phi) is 5.21. The first-order valence-electron chi connectivity index (χ1n) is 10.2. The van der Waals surface area contributed by atoms with Gasteiger partial charge in [0.25, 0.3) is 0 Å². The number of para-hydroxylation sites is 1. The molecule has 2 heterocycles. The number of benzene rings is 3. The van der Waals surface area contributed by atoms with Crippen molar-refractivity contribution in [3.05, 3.63) is 95.0 Å². The van der Waals surface area contributed by atoms with Gasteiger partial charge in [-0.2, -0.15) is 4.73 Å². The fraction of sp³-hybridized carbons (Fsp3) is 0.200. The fourth-order valence-corrected chi connectivity index (χ4v) is 4.57. The number of halogens is 1. The molecule has 4 nitrogen and oxygen atoms in total. The van der Waals surface area contributed by atoms with Gasteiger partial charge in [0.15, 0.2) is 0 Å². The Hall–Kier alpha value is -2.79. The number of hydrogen-bond donors (Lipinski definition) is 1. The average molecular weight is 419 g/mol. The molecule has 1 aromatic heterocycles. The summed E-state index contributed by atoms with van der Waals surface area (Å²) in [4.78, 5) is 2.43. The van der Waals surface area contributed by atoms with Gasteiger partial charge in [0.05, 0.1) is 30.5 Å². The van der Waals surface area contributed by atoms with E-state index in [0.29, 0.717) is 18.2 Å². The van der Waals surface area contributed by atoms with Crippen LogP contribution in [-0.2, 0) is 4.74 Å². The van der Waals surface area contributed by atoms with Crippen molar-refractivity contribution < 1.29 is 9.94 Å². The summed E-state index contributed by atoms with van der Waals surface area (Å²) in [6.07, 6.45) is 0. The van der Waals surface area contributed by atoms with Crippen LogP contribution in [0.15, 0.2) is 78.9 Å². The maximum atomic E-state index is 11.2. The van der Waals surface area contributed by atoms with Crippen LogP contribution in [0.5, 0.6) is 0 Å². The molecule has 0 unspecified atom stereocenters. The number of ether oxygens (including phenoxy) is 1. The Labute approximate surface area is 180 Å². The minimum absolute atomic E-state index is 0.0281. The predicted molar refractivity (Wildman–Crippen MR) is 120 cm³/mol. The molecule has 30 heavy (non-hydrogen) atoms. The molecule has 5 rings (SSSR count). The van der Waals surface area contributed by atoms with Gasteiger partial charge in [-0.1, -0.05) is 72.3 Å². The van der Waals surface area contributed by atoms with Gasteiger partial charge in [0, 0.05) is 34.6 Å². The zero-order valence-electron chi connectivity index (χ0n) is 16.5. The molecule has 1 atom stereocenters. The van der Waals surface area contributed by atoms with E-state index >= 15 is 0 Å². The molecule has 0 spiro atoms. The molecular weight excluding hydrogens is 396 g/mol. The van der Waals surface area contributed by atoms with Crippen LogP contribution >= 0.6 is 11.6 Å². The highest BCUT2D eigenvalue weighted by molar-refractivity contribution is 6.30. The molecule has 0 radical (unpaired) electrons. The Morgan fingerprint density at radius 1 is 0.833 bits per heavy atom. The first kappa shape index (κ1) is 19.2. The molecule has 0 bridgehead atoms. The number of aromatic nitrogens is 1. The summed E-state index contributed by atoms with van der Waals surface area (Å²) in [6, 6.07) is 26.1. The lowest BCUT2D eigenvalue weighted by molar-refractivity contribution is 0.0241. The molecule has 4 aromatic rings. The third-order valence-electron chi connectivity index (χ3n) is 5.81. The Morgan fingerprint density at radius 2 is 1.50 bits per heavy atom. The molecule has 152 valence electrons. The van der Waals surface area contributed by atoms with Crippen LogP contribution in [0.2, 0.25) is 5.02 Å². The second-order valence-electron chi connectivity index (χ2n) is 7.56. The fourth-order valence-electron chi connectivity index (χ4n) is 4.44. The summed E-state index contributed by atoms with van der Waals surface area (Å²) < 4.78 is 6.97. The van der Waals surface area contributed by atoms with E-state index in [1.54, 1.807) is 0 Å². The van der Waals surface area contributed by atoms with Gasteiger partial charge in [-0.05, 0) is 23.8 Å². The van der Waals surface area contributed by atoms with Crippen molar-refractivity contribution in [1.82, 2.24) is 9.63 Å². The summed E-state index contributed by atoms with van der Waals surface area (Å²) >= 11 is 6.20. The predicted octanol–water partition coefficient (Wildman–Crippen LogP) is 5.62. The average Bonchev–Trinajstić information content (AvgIpc) is 3.09.